The molecule has 2 aromatic rings. The predicted molar refractivity (Wildman–Crippen MR) is 92.0 cm³/mol. The lowest BCUT2D eigenvalue weighted by molar-refractivity contribution is -0.114. The van der Waals surface area contributed by atoms with Crippen molar-refractivity contribution in [2.75, 3.05) is 10.6 Å². The first-order chi connectivity index (χ1) is 9.95. The number of rotatable bonds is 4. The first-order valence-electron chi connectivity index (χ1n) is 6.52. The highest BCUT2D eigenvalue weighted by atomic mass is 79.9. The van der Waals surface area contributed by atoms with Gasteiger partial charge in [-0.15, -0.1) is 0 Å². The second-order valence-electron chi connectivity index (χ2n) is 4.80. The maximum Gasteiger partial charge on any atom is 0.221 e. The number of halogens is 2. The summed E-state index contributed by atoms with van der Waals surface area (Å²) in [7, 11) is 0. The molecule has 3 nitrogen and oxygen atoms in total. The normalized spacial score (nSPS) is 10.3. The number of hydrogen-bond donors (Lipinski definition) is 2. The number of amides is 1. The van der Waals surface area contributed by atoms with Crippen LogP contribution in [-0.4, -0.2) is 5.91 Å². The average Bonchev–Trinajstić information content (AvgIpc) is 2.40. The molecule has 1 amide bonds. The van der Waals surface area contributed by atoms with E-state index in [-0.39, 0.29) is 5.91 Å². The van der Waals surface area contributed by atoms with Gasteiger partial charge in [0.1, 0.15) is 0 Å². The van der Waals surface area contributed by atoms with Crippen molar-refractivity contribution in [1.82, 2.24) is 0 Å². The number of benzene rings is 2. The van der Waals surface area contributed by atoms with Gasteiger partial charge in [0.25, 0.3) is 0 Å². The van der Waals surface area contributed by atoms with Crippen LogP contribution < -0.4 is 10.6 Å². The number of carbonyl (C=O) groups is 1. The molecule has 21 heavy (non-hydrogen) atoms. The van der Waals surface area contributed by atoms with E-state index in [0.717, 1.165) is 32.0 Å². The Labute approximate surface area is 137 Å². The minimum atomic E-state index is -0.0690. The second kappa shape index (κ2) is 6.96. The lowest BCUT2D eigenvalue weighted by Crippen LogP contribution is -2.07. The van der Waals surface area contributed by atoms with Crippen molar-refractivity contribution in [3.63, 3.8) is 0 Å². The van der Waals surface area contributed by atoms with E-state index < -0.39 is 0 Å². The molecule has 0 bridgehead atoms. The standard InChI is InChI=1S/C16H16BrClN2O/c1-10-7-14(5-6-16(10)20-11(2)21)19-9-12-3-4-13(17)8-15(12)18/h3-8,19H,9H2,1-2H3,(H,20,21). The molecule has 110 valence electrons. The second-order valence-corrected chi connectivity index (χ2v) is 6.12. The Morgan fingerprint density at radius 2 is 2.00 bits per heavy atom. The minimum absolute atomic E-state index is 0.0690. The number of hydrogen-bond acceptors (Lipinski definition) is 2. The third-order valence-corrected chi connectivity index (χ3v) is 3.88. The molecule has 0 saturated heterocycles. The summed E-state index contributed by atoms with van der Waals surface area (Å²) in [4.78, 5) is 11.1. The van der Waals surface area contributed by atoms with Gasteiger partial charge in [-0.2, -0.15) is 0 Å². The summed E-state index contributed by atoms with van der Waals surface area (Å²) in [6, 6.07) is 11.7. The lowest BCUT2D eigenvalue weighted by atomic mass is 10.1. The Morgan fingerprint density at radius 1 is 1.24 bits per heavy atom. The fraction of sp³-hybridized carbons (Fsp3) is 0.188. The van der Waals surface area contributed by atoms with E-state index in [1.54, 1.807) is 0 Å². The molecule has 2 rings (SSSR count). The highest BCUT2D eigenvalue weighted by Gasteiger charge is 2.04. The van der Waals surface area contributed by atoms with Crippen LogP contribution in [0.4, 0.5) is 11.4 Å². The third-order valence-electron chi connectivity index (χ3n) is 3.04. The minimum Gasteiger partial charge on any atom is -0.381 e. The number of carbonyl (C=O) groups excluding carboxylic acids is 1. The van der Waals surface area contributed by atoms with E-state index in [1.165, 1.54) is 6.92 Å². The fourth-order valence-electron chi connectivity index (χ4n) is 1.97. The van der Waals surface area contributed by atoms with Gasteiger partial charge in [-0.3, -0.25) is 4.79 Å². The zero-order valence-corrected chi connectivity index (χ0v) is 14.2. The van der Waals surface area contributed by atoms with E-state index in [1.807, 2.05) is 43.3 Å². The van der Waals surface area contributed by atoms with Crippen LogP contribution in [0.25, 0.3) is 0 Å². The van der Waals surface area contributed by atoms with Crippen molar-refractivity contribution < 1.29 is 4.79 Å². The van der Waals surface area contributed by atoms with Crippen molar-refractivity contribution in [3.8, 4) is 0 Å². The first kappa shape index (κ1) is 15.9. The van der Waals surface area contributed by atoms with Crippen LogP contribution in [0.15, 0.2) is 40.9 Å². The largest absolute Gasteiger partial charge is 0.381 e. The van der Waals surface area contributed by atoms with Crippen LogP contribution in [0.1, 0.15) is 18.1 Å². The quantitative estimate of drug-likeness (QED) is 0.800. The van der Waals surface area contributed by atoms with E-state index in [9.17, 15) is 4.79 Å². The predicted octanol–water partition coefficient (Wildman–Crippen LogP) is 4.98. The van der Waals surface area contributed by atoms with Crippen LogP contribution in [-0.2, 0) is 11.3 Å². The molecular weight excluding hydrogens is 352 g/mol. The number of aryl methyl sites for hydroxylation is 1. The molecule has 0 aromatic heterocycles. The highest BCUT2D eigenvalue weighted by Crippen LogP contribution is 2.24. The smallest absolute Gasteiger partial charge is 0.221 e. The van der Waals surface area contributed by atoms with Crippen molar-refractivity contribution >= 4 is 44.8 Å². The van der Waals surface area contributed by atoms with Crippen molar-refractivity contribution in [3.05, 3.63) is 57.0 Å². The number of nitrogens with one attached hydrogen (secondary N) is 2. The van der Waals surface area contributed by atoms with Gasteiger partial charge in [0.05, 0.1) is 0 Å². The van der Waals surface area contributed by atoms with Crippen LogP contribution in [0.3, 0.4) is 0 Å². The lowest BCUT2D eigenvalue weighted by Gasteiger charge is -2.12. The van der Waals surface area contributed by atoms with E-state index in [4.69, 9.17) is 11.6 Å². The molecule has 0 heterocycles. The molecule has 0 aliphatic carbocycles. The Morgan fingerprint density at radius 3 is 2.62 bits per heavy atom. The monoisotopic (exact) mass is 366 g/mol. The topological polar surface area (TPSA) is 41.1 Å². The average molecular weight is 368 g/mol. The molecule has 2 N–H and O–H groups in total. The Bertz CT molecular complexity index is 673. The highest BCUT2D eigenvalue weighted by molar-refractivity contribution is 9.10. The summed E-state index contributed by atoms with van der Waals surface area (Å²) < 4.78 is 0.965. The third kappa shape index (κ3) is 4.48. The van der Waals surface area contributed by atoms with Gasteiger partial charge in [0.15, 0.2) is 0 Å². The van der Waals surface area contributed by atoms with Gasteiger partial charge in [-0.25, -0.2) is 0 Å². The molecule has 0 aliphatic heterocycles. The summed E-state index contributed by atoms with van der Waals surface area (Å²) in [6.07, 6.45) is 0. The van der Waals surface area contributed by atoms with Gasteiger partial charge < -0.3 is 10.6 Å². The molecule has 0 spiro atoms. The van der Waals surface area contributed by atoms with Gasteiger partial charge in [0, 0.05) is 34.3 Å². The van der Waals surface area contributed by atoms with E-state index in [0.29, 0.717) is 6.54 Å². The summed E-state index contributed by atoms with van der Waals surface area (Å²) >= 11 is 9.58. The Kier molecular flexibility index (Phi) is 5.26. The zero-order valence-electron chi connectivity index (χ0n) is 11.8. The summed E-state index contributed by atoms with van der Waals surface area (Å²) in [6.45, 7) is 4.11. The molecule has 2 aromatic carbocycles. The van der Waals surface area contributed by atoms with Gasteiger partial charge in [-0.1, -0.05) is 33.6 Å². The van der Waals surface area contributed by atoms with Gasteiger partial charge in [0.2, 0.25) is 5.91 Å². The van der Waals surface area contributed by atoms with E-state index in [2.05, 4.69) is 26.6 Å². The molecule has 0 fully saturated rings. The molecule has 0 unspecified atom stereocenters. The Hall–Kier alpha value is -1.52. The molecule has 0 saturated carbocycles. The Balaban J connectivity index is 2.06. The SMILES string of the molecule is CC(=O)Nc1ccc(NCc2ccc(Br)cc2Cl)cc1C. The van der Waals surface area contributed by atoms with Crippen LogP contribution >= 0.6 is 27.5 Å². The molecule has 0 radical (unpaired) electrons. The maximum atomic E-state index is 11.1. The molecule has 0 atom stereocenters. The van der Waals surface area contributed by atoms with Gasteiger partial charge >= 0.3 is 0 Å². The van der Waals surface area contributed by atoms with Crippen molar-refractivity contribution in [1.29, 1.82) is 0 Å². The summed E-state index contributed by atoms with van der Waals surface area (Å²) in [5.74, 6) is -0.0690. The summed E-state index contributed by atoms with van der Waals surface area (Å²) in [5, 5.41) is 6.85. The van der Waals surface area contributed by atoms with Gasteiger partial charge in [-0.05, 0) is 48.4 Å². The van der Waals surface area contributed by atoms with E-state index >= 15 is 0 Å². The maximum absolute atomic E-state index is 11.1. The molecule has 0 aliphatic rings. The first-order valence-corrected chi connectivity index (χ1v) is 7.69. The van der Waals surface area contributed by atoms with Crippen LogP contribution in [0, 0.1) is 6.92 Å². The van der Waals surface area contributed by atoms with Crippen molar-refractivity contribution in [2.24, 2.45) is 0 Å². The number of anilines is 2. The fourth-order valence-corrected chi connectivity index (χ4v) is 2.71. The molecular formula is C16H16BrClN2O. The van der Waals surface area contributed by atoms with Crippen LogP contribution in [0.2, 0.25) is 5.02 Å². The molecule has 5 heteroatoms. The zero-order chi connectivity index (χ0) is 15.4. The summed E-state index contributed by atoms with van der Waals surface area (Å²) in [5.41, 5.74) is 3.86. The van der Waals surface area contributed by atoms with Crippen LogP contribution in [0.5, 0.6) is 0 Å². The van der Waals surface area contributed by atoms with Crippen molar-refractivity contribution in [2.45, 2.75) is 20.4 Å².